The number of hydrogen-bond acceptors (Lipinski definition) is 3. The Labute approximate surface area is 109 Å². The second kappa shape index (κ2) is 5.36. The van der Waals surface area contributed by atoms with Crippen LogP contribution in [0.2, 0.25) is 0 Å². The predicted molar refractivity (Wildman–Crippen MR) is 66.1 cm³/mol. The molecule has 0 radical (unpaired) electrons. The number of para-hydroxylation sites is 1. The summed E-state index contributed by atoms with van der Waals surface area (Å²) >= 11 is 0. The van der Waals surface area contributed by atoms with Crippen LogP contribution in [0.3, 0.4) is 0 Å². The number of rotatable bonds is 4. The highest BCUT2D eigenvalue weighted by atomic mass is 32.2. The van der Waals surface area contributed by atoms with Crippen LogP contribution < -0.4 is 4.18 Å². The molecule has 0 aliphatic heterocycles. The zero-order chi connectivity index (χ0) is 13.9. The minimum absolute atomic E-state index is 0.357. The van der Waals surface area contributed by atoms with Gasteiger partial charge in [0.25, 0.3) is 0 Å². The Hall–Kier alpha value is -1.95. The molecule has 0 unspecified atom stereocenters. The summed E-state index contributed by atoms with van der Waals surface area (Å²) in [4.78, 5) is 0. The normalized spacial score (nSPS) is 11.3. The summed E-state index contributed by atoms with van der Waals surface area (Å²) in [5, 5.41) is 0. The lowest BCUT2D eigenvalue weighted by Crippen LogP contribution is -2.12. The molecule has 2 aromatic rings. The maximum Gasteiger partial charge on any atom is 0.313 e. The van der Waals surface area contributed by atoms with E-state index in [9.17, 15) is 17.2 Å². The minimum atomic E-state index is -3.99. The summed E-state index contributed by atoms with van der Waals surface area (Å²) < 4.78 is 54.1. The van der Waals surface area contributed by atoms with Crippen molar-refractivity contribution in [1.29, 1.82) is 0 Å². The lowest BCUT2D eigenvalue weighted by molar-refractivity contribution is 0.460. The number of hydrogen-bond donors (Lipinski definition) is 0. The molecule has 0 spiro atoms. The fourth-order valence-electron chi connectivity index (χ4n) is 1.46. The molecule has 0 amide bonds. The Morgan fingerprint density at radius 3 is 2.21 bits per heavy atom. The summed E-state index contributed by atoms with van der Waals surface area (Å²) in [7, 11) is -3.99. The summed E-state index contributed by atoms with van der Waals surface area (Å²) in [5.74, 6) is -2.03. The molecule has 0 atom stereocenters. The fraction of sp³-hybridized carbons (Fsp3) is 0.0769. The van der Waals surface area contributed by atoms with E-state index in [1.165, 1.54) is 30.3 Å². The Morgan fingerprint density at radius 2 is 1.58 bits per heavy atom. The van der Waals surface area contributed by atoms with Gasteiger partial charge in [0.1, 0.15) is 11.6 Å². The van der Waals surface area contributed by atoms with Gasteiger partial charge in [0.2, 0.25) is 0 Å². The van der Waals surface area contributed by atoms with Crippen molar-refractivity contribution in [1.82, 2.24) is 0 Å². The maximum atomic E-state index is 13.3. The van der Waals surface area contributed by atoms with Gasteiger partial charge in [-0.05, 0) is 29.8 Å². The van der Waals surface area contributed by atoms with E-state index in [2.05, 4.69) is 4.18 Å². The highest BCUT2D eigenvalue weighted by Crippen LogP contribution is 2.19. The first-order valence-corrected chi connectivity index (χ1v) is 6.95. The zero-order valence-corrected chi connectivity index (χ0v) is 10.5. The molecule has 3 nitrogen and oxygen atoms in total. The highest BCUT2D eigenvalue weighted by molar-refractivity contribution is 7.86. The van der Waals surface area contributed by atoms with Crippen molar-refractivity contribution in [3.8, 4) is 5.75 Å². The lowest BCUT2D eigenvalue weighted by atomic mass is 10.2. The van der Waals surface area contributed by atoms with Gasteiger partial charge in [0, 0.05) is 0 Å². The quantitative estimate of drug-likeness (QED) is 0.811. The summed E-state index contributed by atoms with van der Waals surface area (Å²) in [5.41, 5.74) is 0.359. The van der Waals surface area contributed by atoms with Crippen LogP contribution in [-0.2, 0) is 15.9 Å². The van der Waals surface area contributed by atoms with Crippen LogP contribution in [0.1, 0.15) is 5.56 Å². The molecule has 0 N–H and O–H groups in total. The fourth-order valence-corrected chi connectivity index (χ4v) is 2.53. The molecule has 0 aromatic heterocycles. The van der Waals surface area contributed by atoms with Gasteiger partial charge < -0.3 is 4.18 Å². The van der Waals surface area contributed by atoms with Crippen molar-refractivity contribution in [3.63, 3.8) is 0 Å². The predicted octanol–water partition coefficient (Wildman–Crippen LogP) is 2.87. The van der Waals surface area contributed by atoms with E-state index in [-0.39, 0.29) is 5.75 Å². The van der Waals surface area contributed by atoms with E-state index in [1.54, 1.807) is 0 Å². The van der Waals surface area contributed by atoms with Crippen molar-refractivity contribution in [2.75, 3.05) is 0 Å². The molecule has 0 aliphatic rings. The van der Waals surface area contributed by atoms with E-state index in [1.807, 2.05) is 0 Å². The summed E-state index contributed by atoms with van der Waals surface area (Å²) in [6.07, 6.45) is 0. The monoisotopic (exact) mass is 284 g/mol. The number of benzene rings is 2. The third-order valence-corrected chi connectivity index (χ3v) is 3.43. The van der Waals surface area contributed by atoms with Crippen LogP contribution in [-0.4, -0.2) is 8.42 Å². The molecular formula is C13H10F2O3S. The summed E-state index contributed by atoms with van der Waals surface area (Å²) in [6, 6.07) is 10.2. The van der Waals surface area contributed by atoms with Gasteiger partial charge in [-0.2, -0.15) is 8.42 Å². The van der Waals surface area contributed by atoms with Gasteiger partial charge in [0.15, 0.2) is 11.6 Å². The molecular weight excluding hydrogens is 274 g/mol. The molecule has 2 aromatic carbocycles. The van der Waals surface area contributed by atoms with E-state index >= 15 is 0 Å². The minimum Gasteiger partial charge on any atom is -0.379 e. The molecule has 0 heterocycles. The van der Waals surface area contributed by atoms with Crippen LogP contribution in [0.25, 0.3) is 0 Å². The Morgan fingerprint density at radius 1 is 0.947 bits per heavy atom. The van der Waals surface area contributed by atoms with Crippen LogP contribution in [0.4, 0.5) is 8.78 Å². The smallest absolute Gasteiger partial charge is 0.313 e. The molecule has 19 heavy (non-hydrogen) atoms. The van der Waals surface area contributed by atoms with Gasteiger partial charge in [0.05, 0.1) is 0 Å². The molecule has 0 aliphatic carbocycles. The highest BCUT2D eigenvalue weighted by Gasteiger charge is 2.16. The average Bonchev–Trinajstić information content (AvgIpc) is 2.35. The SMILES string of the molecule is O=S(=O)(Cc1ccc(F)cc1)Oc1ccccc1F. The van der Waals surface area contributed by atoms with Crippen molar-refractivity contribution >= 4 is 10.1 Å². The lowest BCUT2D eigenvalue weighted by Gasteiger charge is -2.07. The standard InChI is InChI=1S/C13H10F2O3S/c14-11-7-5-10(6-8-11)9-19(16,17)18-13-4-2-1-3-12(13)15/h1-8H,9H2. The second-order valence-electron chi connectivity index (χ2n) is 3.84. The molecule has 100 valence electrons. The zero-order valence-electron chi connectivity index (χ0n) is 9.71. The largest absolute Gasteiger partial charge is 0.379 e. The van der Waals surface area contributed by atoms with Gasteiger partial charge in [-0.3, -0.25) is 0 Å². The van der Waals surface area contributed by atoms with E-state index < -0.39 is 27.5 Å². The Balaban J connectivity index is 2.15. The average molecular weight is 284 g/mol. The first-order valence-electron chi connectivity index (χ1n) is 5.37. The third-order valence-electron chi connectivity index (χ3n) is 2.31. The first kappa shape index (κ1) is 13.5. The van der Waals surface area contributed by atoms with Crippen molar-refractivity contribution in [2.24, 2.45) is 0 Å². The molecule has 0 saturated heterocycles. The van der Waals surface area contributed by atoms with Crippen LogP contribution in [0, 0.1) is 11.6 Å². The van der Waals surface area contributed by atoms with Gasteiger partial charge in [-0.25, -0.2) is 8.78 Å². The van der Waals surface area contributed by atoms with Crippen LogP contribution in [0.5, 0.6) is 5.75 Å². The third kappa shape index (κ3) is 3.75. The van der Waals surface area contributed by atoms with Crippen LogP contribution in [0.15, 0.2) is 48.5 Å². The Kier molecular flexibility index (Phi) is 3.80. The van der Waals surface area contributed by atoms with Crippen LogP contribution >= 0.6 is 0 Å². The molecule has 0 saturated carbocycles. The van der Waals surface area contributed by atoms with Crippen molar-refractivity contribution in [3.05, 3.63) is 65.7 Å². The van der Waals surface area contributed by atoms with Crippen molar-refractivity contribution < 1.29 is 21.4 Å². The van der Waals surface area contributed by atoms with E-state index in [4.69, 9.17) is 0 Å². The van der Waals surface area contributed by atoms with E-state index in [0.717, 1.165) is 18.2 Å². The number of halogens is 2. The van der Waals surface area contributed by atoms with E-state index in [0.29, 0.717) is 5.56 Å². The van der Waals surface area contributed by atoms with Crippen molar-refractivity contribution in [2.45, 2.75) is 5.75 Å². The molecule has 2 rings (SSSR count). The molecule has 0 fully saturated rings. The molecule has 0 bridgehead atoms. The maximum absolute atomic E-state index is 13.3. The van der Waals surface area contributed by atoms with Gasteiger partial charge >= 0.3 is 10.1 Å². The van der Waals surface area contributed by atoms with Gasteiger partial charge in [-0.1, -0.05) is 24.3 Å². The van der Waals surface area contributed by atoms with Gasteiger partial charge in [-0.15, -0.1) is 0 Å². The second-order valence-corrected chi connectivity index (χ2v) is 5.41. The molecule has 6 heteroatoms. The Bertz CT molecular complexity index is 667. The topological polar surface area (TPSA) is 43.4 Å². The summed E-state index contributed by atoms with van der Waals surface area (Å²) in [6.45, 7) is 0. The first-order chi connectivity index (χ1) is 8.96.